The summed E-state index contributed by atoms with van der Waals surface area (Å²) >= 11 is 0. The number of hydrogen-bond acceptors (Lipinski definition) is 11. The highest BCUT2D eigenvalue weighted by atomic mass is 16.4. The van der Waals surface area contributed by atoms with Crippen molar-refractivity contribution >= 4 is 49.6 Å². The first-order valence-electron chi connectivity index (χ1n) is 17.9. The van der Waals surface area contributed by atoms with Gasteiger partial charge in [0.2, 0.25) is 34.5 Å². The Morgan fingerprint density at radius 3 is 1.52 bits per heavy atom. The van der Waals surface area contributed by atoms with Crippen LogP contribution in [0, 0.1) is 0 Å². The summed E-state index contributed by atoms with van der Waals surface area (Å²) in [6, 6.07) is 41.2. The standard InChI is InChI=1S/C46H32N2O10/c49-37-35(38(50)42(54)45(57)41(37)53)27-11-10-25-21-30(18-14-24(25)20-27)47(36-39(51)43(55)46(58)44(56)40(36)52)29-16-12-23(13-17-29)26-15-19-34-32(22-26)31-8-4-5-9-33(31)48(34)28-6-2-1-3-7-28/h1-22,49-58H. The minimum atomic E-state index is -1.11. The van der Waals surface area contributed by atoms with Gasteiger partial charge in [-0.25, -0.2) is 0 Å². The highest BCUT2D eigenvalue weighted by molar-refractivity contribution is 6.10. The lowest BCUT2D eigenvalue weighted by molar-refractivity contribution is 0.329. The zero-order valence-corrected chi connectivity index (χ0v) is 30.1. The van der Waals surface area contributed by atoms with Crippen molar-refractivity contribution in [2.45, 2.75) is 0 Å². The van der Waals surface area contributed by atoms with Crippen LogP contribution in [0.25, 0.3) is 60.5 Å². The van der Waals surface area contributed by atoms with Crippen LogP contribution in [0.5, 0.6) is 57.5 Å². The van der Waals surface area contributed by atoms with E-state index in [9.17, 15) is 51.1 Å². The van der Waals surface area contributed by atoms with Crippen LogP contribution in [0.1, 0.15) is 0 Å². The van der Waals surface area contributed by atoms with Crippen LogP contribution >= 0.6 is 0 Å². The van der Waals surface area contributed by atoms with Crippen molar-refractivity contribution in [3.05, 3.63) is 133 Å². The summed E-state index contributed by atoms with van der Waals surface area (Å²) in [5, 5.41) is 108. The minimum Gasteiger partial charge on any atom is -0.504 e. The molecule has 0 atom stereocenters. The van der Waals surface area contributed by atoms with Gasteiger partial charge >= 0.3 is 0 Å². The number of benzene rings is 8. The van der Waals surface area contributed by atoms with Gasteiger partial charge in [0, 0.05) is 27.8 Å². The van der Waals surface area contributed by atoms with Crippen LogP contribution in [-0.4, -0.2) is 55.6 Å². The van der Waals surface area contributed by atoms with E-state index in [0.717, 1.165) is 38.6 Å². The number of nitrogens with zero attached hydrogens (tertiary/aromatic N) is 2. The highest BCUT2D eigenvalue weighted by Gasteiger charge is 2.30. The molecule has 0 aliphatic carbocycles. The molecule has 10 N–H and O–H groups in total. The molecule has 1 heterocycles. The Labute approximate surface area is 328 Å². The molecular formula is C46H32N2O10. The molecule has 9 aromatic rings. The highest BCUT2D eigenvalue weighted by Crippen LogP contribution is 2.59. The fourth-order valence-electron chi connectivity index (χ4n) is 7.59. The van der Waals surface area contributed by atoms with Crippen molar-refractivity contribution in [1.82, 2.24) is 4.57 Å². The van der Waals surface area contributed by atoms with E-state index in [2.05, 4.69) is 41.0 Å². The lowest BCUT2D eigenvalue weighted by Crippen LogP contribution is -2.10. The fourth-order valence-corrected chi connectivity index (χ4v) is 7.59. The Kier molecular flexibility index (Phi) is 8.00. The SMILES string of the molecule is Oc1c(O)c(O)c(-c2ccc3cc(N(c4ccc(-c5ccc6c(c5)c5ccccc5n6-c5ccccc5)cc4)c4c(O)c(O)c(O)c(O)c4O)ccc3c2)c(O)c1O. The van der Waals surface area contributed by atoms with Gasteiger partial charge in [-0.15, -0.1) is 0 Å². The molecule has 8 aromatic carbocycles. The maximum atomic E-state index is 11.1. The predicted molar refractivity (Wildman–Crippen MR) is 220 cm³/mol. The van der Waals surface area contributed by atoms with E-state index in [0.29, 0.717) is 22.1 Å². The summed E-state index contributed by atoms with van der Waals surface area (Å²) in [5.74, 6) is -9.86. The summed E-state index contributed by atoms with van der Waals surface area (Å²) in [4.78, 5) is 1.38. The molecule has 0 fully saturated rings. The van der Waals surface area contributed by atoms with Crippen molar-refractivity contribution in [2.75, 3.05) is 4.90 Å². The topological polar surface area (TPSA) is 210 Å². The van der Waals surface area contributed by atoms with Crippen molar-refractivity contribution < 1.29 is 51.1 Å². The third kappa shape index (κ3) is 5.31. The molecule has 12 heteroatoms. The molecule has 0 spiro atoms. The lowest BCUT2D eigenvalue weighted by atomic mass is 9.98. The second-order valence-corrected chi connectivity index (χ2v) is 13.8. The molecule has 0 aliphatic heterocycles. The van der Waals surface area contributed by atoms with E-state index in [1.807, 2.05) is 48.5 Å². The molecule has 0 radical (unpaired) electrons. The Hall–Kier alpha value is -8.38. The van der Waals surface area contributed by atoms with Gasteiger partial charge in [-0.1, -0.05) is 72.8 Å². The summed E-state index contributed by atoms with van der Waals surface area (Å²) in [6.45, 7) is 0. The summed E-state index contributed by atoms with van der Waals surface area (Å²) < 4.78 is 2.22. The number of aromatic nitrogens is 1. The quantitative estimate of drug-likeness (QED) is 0.0568. The Morgan fingerprint density at radius 2 is 0.845 bits per heavy atom. The largest absolute Gasteiger partial charge is 0.504 e. The third-order valence-electron chi connectivity index (χ3n) is 10.5. The normalized spacial score (nSPS) is 11.4. The maximum absolute atomic E-state index is 11.1. The van der Waals surface area contributed by atoms with Crippen molar-refractivity contribution in [2.24, 2.45) is 0 Å². The number of phenols is 10. The molecule has 0 aliphatic rings. The van der Waals surface area contributed by atoms with E-state index < -0.39 is 63.2 Å². The molecule has 286 valence electrons. The van der Waals surface area contributed by atoms with Crippen molar-refractivity contribution in [3.8, 4) is 85.4 Å². The first-order chi connectivity index (χ1) is 27.9. The number of fused-ring (bicyclic) bond motifs is 4. The number of aromatic hydroxyl groups is 10. The second kappa shape index (κ2) is 13.1. The zero-order valence-electron chi connectivity index (χ0n) is 30.1. The smallest absolute Gasteiger partial charge is 0.208 e. The van der Waals surface area contributed by atoms with Crippen LogP contribution in [0.4, 0.5) is 17.1 Å². The van der Waals surface area contributed by atoms with Gasteiger partial charge in [0.15, 0.2) is 23.0 Å². The number of hydrogen-bond donors (Lipinski definition) is 10. The third-order valence-corrected chi connectivity index (χ3v) is 10.5. The summed E-state index contributed by atoms with van der Waals surface area (Å²) in [6.07, 6.45) is 0. The second-order valence-electron chi connectivity index (χ2n) is 13.8. The molecule has 0 amide bonds. The van der Waals surface area contributed by atoms with Crippen LogP contribution < -0.4 is 4.90 Å². The van der Waals surface area contributed by atoms with E-state index in [1.54, 1.807) is 42.5 Å². The summed E-state index contributed by atoms with van der Waals surface area (Å²) in [5.41, 5.74) is 5.02. The zero-order chi connectivity index (χ0) is 40.6. The first-order valence-corrected chi connectivity index (χ1v) is 17.9. The maximum Gasteiger partial charge on any atom is 0.208 e. The van der Waals surface area contributed by atoms with Crippen LogP contribution in [0.2, 0.25) is 0 Å². The van der Waals surface area contributed by atoms with Gasteiger partial charge in [0.05, 0.1) is 16.6 Å². The average Bonchev–Trinajstić information content (AvgIpc) is 3.59. The van der Waals surface area contributed by atoms with Gasteiger partial charge in [-0.3, -0.25) is 0 Å². The van der Waals surface area contributed by atoms with Crippen LogP contribution in [0.15, 0.2) is 133 Å². The summed E-state index contributed by atoms with van der Waals surface area (Å²) in [7, 11) is 0. The molecule has 0 bridgehead atoms. The van der Waals surface area contributed by atoms with Gasteiger partial charge in [0.1, 0.15) is 5.69 Å². The molecule has 12 nitrogen and oxygen atoms in total. The van der Waals surface area contributed by atoms with Crippen molar-refractivity contribution in [3.63, 3.8) is 0 Å². The molecule has 0 saturated heterocycles. The predicted octanol–water partition coefficient (Wildman–Crippen LogP) is 9.80. The van der Waals surface area contributed by atoms with E-state index in [-0.39, 0.29) is 11.1 Å². The van der Waals surface area contributed by atoms with Gasteiger partial charge in [0.25, 0.3) is 0 Å². The molecule has 9 rings (SSSR count). The monoisotopic (exact) mass is 772 g/mol. The fraction of sp³-hybridized carbons (Fsp3) is 0. The Morgan fingerprint density at radius 1 is 0.345 bits per heavy atom. The number of phenolic OH excluding ortho intramolecular Hbond substituents is 10. The molecular weight excluding hydrogens is 741 g/mol. The van der Waals surface area contributed by atoms with E-state index in [1.165, 1.54) is 11.0 Å². The Bertz CT molecular complexity index is 3070. The number of para-hydroxylation sites is 2. The molecule has 58 heavy (non-hydrogen) atoms. The van der Waals surface area contributed by atoms with E-state index in [4.69, 9.17) is 0 Å². The van der Waals surface area contributed by atoms with Crippen molar-refractivity contribution in [1.29, 1.82) is 0 Å². The lowest BCUT2D eigenvalue weighted by Gasteiger charge is -2.28. The minimum absolute atomic E-state index is 0.180. The van der Waals surface area contributed by atoms with Gasteiger partial charge in [-0.2, -0.15) is 0 Å². The average molecular weight is 773 g/mol. The van der Waals surface area contributed by atoms with E-state index >= 15 is 0 Å². The number of anilines is 3. The molecule has 0 saturated carbocycles. The van der Waals surface area contributed by atoms with Gasteiger partial charge in [-0.05, 0) is 88.1 Å². The molecule has 1 aromatic heterocycles. The first kappa shape index (κ1) is 35.3. The number of rotatable bonds is 6. The van der Waals surface area contributed by atoms with Crippen LogP contribution in [0.3, 0.4) is 0 Å². The van der Waals surface area contributed by atoms with Crippen LogP contribution in [-0.2, 0) is 0 Å². The Balaban J connectivity index is 1.16. The molecule has 0 unspecified atom stereocenters. The van der Waals surface area contributed by atoms with Gasteiger partial charge < -0.3 is 60.5 Å².